The molecule has 1 aromatic heterocycles. The van der Waals surface area contributed by atoms with E-state index in [1.54, 1.807) is 0 Å². The highest BCUT2D eigenvalue weighted by atomic mass is 15.5. The number of hydrogen-bond acceptors (Lipinski definition) is 3. The SMILES string of the molecule is c1cc2ccc3ccc(-c4nn[nH]n4)c4ccc(c1)c2c34. The van der Waals surface area contributed by atoms with E-state index >= 15 is 0 Å². The number of nitrogens with zero attached hydrogens (tertiary/aromatic N) is 3. The fourth-order valence-corrected chi connectivity index (χ4v) is 3.21. The first-order chi connectivity index (χ1) is 10.4. The molecular formula is C17H10N4. The van der Waals surface area contributed by atoms with Gasteiger partial charge in [0.05, 0.1) is 0 Å². The lowest BCUT2D eigenvalue weighted by molar-refractivity contribution is 0.881. The molecule has 5 aromatic rings. The number of aromatic nitrogens is 4. The lowest BCUT2D eigenvalue weighted by atomic mass is 9.92. The molecule has 0 saturated heterocycles. The van der Waals surface area contributed by atoms with Crippen LogP contribution in [-0.2, 0) is 0 Å². The van der Waals surface area contributed by atoms with Gasteiger partial charge in [0, 0.05) is 5.56 Å². The van der Waals surface area contributed by atoms with Crippen LogP contribution in [0.2, 0.25) is 0 Å². The molecule has 0 unspecified atom stereocenters. The van der Waals surface area contributed by atoms with Gasteiger partial charge in [0.2, 0.25) is 5.82 Å². The zero-order chi connectivity index (χ0) is 13.8. The van der Waals surface area contributed by atoms with E-state index in [2.05, 4.69) is 75.2 Å². The smallest absolute Gasteiger partial charge is 0.177 e. The van der Waals surface area contributed by atoms with Crippen LogP contribution in [0.3, 0.4) is 0 Å². The van der Waals surface area contributed by atoms with E-state index in [1.165, 1.54) is 32.3 Å². The minimum atomic E-state index is 0.632. The molecular weight excluding hydrogens is 260 g/mol. The van der Waals surface area contributed by atoms with Crippen molar-refractivity contribution in [1.29, 1.82) is 0 Å². The summed E-state index contributed by atoms with van der Waals surface area (Å²) in [6.45, 7) is 0. The highest BCUT2D eigenvalue weighted by Crippen LogP contribution is 2.37. The highest BCUT2D eigenvalue weighted by Gasteiger charge is 2.13. The molecule has 4 nitrogen and oxygen atoms in total. The second-order valence-electron chi connectivity index (χ2n) is 5.20. The van der Waals surface area contributed by atoms with Gasteiger partial charge in [-0.25, -0.2) is 0 Å². The van der Waals surface area contributed by atoms with E-state index in [9.17, 15) is 0 Å². The van der Waals surface area contributed by atoms with Crippen molar-refractivity contribution < 1.29 is 0 Å². The third-order valence-corrected chi connectivity index (χ3v) is 4.11. The predicted molar refractivity (Wildman–Crippen MR) is 83.3 cm³/mol. The lowest BCUT2D eigenvalue weighted by Crippen LogP contribution is -1.88. The van der Waals surface area contributed by atoms with Gasteiger partial charge in [-0.1, -0.05) is 48.5 Å². The molecule has 0 bridgehead atoms. The fourth-order valence-electron chi connectivity index (χ4n) is 3.21. The largest absolute Gasteiger partial charge is 0.205 e. The summed E-state index contributed by atoms with van der Waals surface area (Å²) in [5.74, 6) is 0.632. The molecule has 0 spiro atoms. The fraction of sp³-hybridized carbons (Fsp3) is 0. The maximum atomic E-state index is 4.12. The summed E-state index contributed by atoms with van der Waals surface area (Å²) in [5, 5.41) is 21.9. The number of H-pyrrole nitrogens is 1. The van der Waals surface area contributed by atoms with Crippen LogP contribution < -0.4 is 0 Å². The summed E-state index contributed by atoms with van der Waals surface area (Å²) in [6.07, 6.45) is 0. The Balaban J connectivity index is 2.07. The molecule has 5 rings (SSSR count). The summed E-state index contributed by atoms with van der Waals surface area (Å²) in [6, 6.07) is 19.3. The maximum Gasteiger partial charge on any atom is 0.205 e. The first kappa shape index (κ1) is 10.7. The van der Waals surface area contributed by atoms with Gasteiger partial charge in [-0.15, -0.1) is 10.2 Å². The van der Waals surface area contributed by atoms with Crippen LogP contribution in [0.5, 0.6) is 0 Å². The maximum absolute atomic E-state index is 4.12. The number of tetrazole rings is 1. The Morgan fingerprint density at radius 2 is 1.43 bits per heavy atom. The predicted octanol–water partition coefficient (Wildman–Crippen LogP) is 3.76. The van der Waals surface area contributed by atoms with Gasteiger partial charge in [0.15, 0.2) is 0 Å². The number of hydrogen-bond donors (Lipinski definition) is 1. The molecule has 0 radical (unpaired) electrons. The Morgan fingerprint density at radius 3 is 2.19 bits per heavy atom. The van der Waals surface area contributed by atoms with E-state index in [0.717, 1.165) is 5.56 Å². The lowest BCUT2D eigenvalue weighted by Gasteiger charge is -2.12. The van der Waals surface area contributed by atoms with E-state index in [4.69, 9.17) is 0 Å². The molecule has 0 aliphatic rings. The minimum absolute atomic E-state index is 0.632. The molecule has 0 amide bonds. The number of aromatic amines is 1. The monoisotopic (exact) mass is 270 g/mol. The molecule has 4 aromatic carbocycles. The molecule has 0 aliphatic carbocycles. The van der Waals surface area contributed by atoms with Gasteiger partial charge < -0.3 is 0 Å². The second-order valence-corrected chi connectivity index (χ2v) is 5.20. The normalized spacial score (nSPS) is 11.8. The van der Waals surface area contributed by atoms with E-state index in [-0.39, 0.29) is 0 Å². The van der Waals surface area contributed by atoms with Crippen LogP contribution in [0.4, 0.5) is 0 Å². The second kappa shape index (κ2) is 3.76. The Kier molecular flexibility index (Phi) is 1.92. The van der Waals surface area contributed by atoms with Crippen LogP contribution >= 0.6 is 0 Å². The first-order valence-corrected chi connectivity index (χ1v) is 6.82. The van der Waals surface area contributed by atoms with Crippen molar-refractivity contribution in [3.63, 3.8) is 0 Å². The molecule has 98 valence electrons. The third-order valence-electron chi connectivity index (χ3n) is 4.11. The van der Waals surface area contributed by atoms with Gasteiger partial charge in [-0.05, 0) is 43.6 Å². The molecule has 0 aliphatic heterocycles. The van der Waals surface area contributed by atoms with E-state index < -0.39 is 0 Å². The third kappa shape index (κ3) is 1.36. The van der Waals surface area contributed by atoms with Gasteiger partial charge in [0.25, 0.3) is 0 Å². The Bertz CT molecular complexity index is 1060. The average Bonchev–Trinajstić information content (AvgIpc) is 3.07. The highest BCUT2D eigenvalue weighted by molar-refractivity contribution is 6.25. The summed E-state index contributed by atoms with van der Waals surface area (Å²) in [7, 11) is 0. The summed E-state index contributed by atoms with van der Waals surface area (Å²) in [5.41, 5.74) is 1.01. The molecule has 21 heavy (non-hydrogen) atoms. The number of nitrogens with one attached hydrogen (secondary N) is 1. The van der Waals surface area contributed by atoms with E-state index in [0.29, 0.717) is 5.82 Å². The van der Waals surface area contributed by atoms with Crippen molar-refractivity contribution in [2.45, 2.75) is 0 Å². The van der Waals surface area contributed by atoms with Crippen LogP contribution in [0, 0.1) is 0 Å². The van der Waals surface area contributed by atoms with Crippen LogP contribution in [0.1, 0.15) is 0 Å². The Morgan fingerprint density at radius 1 is 0.714 bits per heavy atom. The van der Waals surface area contributed by atoms with Crippen LogP contribution in [0.25, 0.3) is 43.7 Å². The van der Waals surface area contributed by atoms with Crippen molar-refractivity contribution in [2.75, 3.05) is 0 Å². The molecule has 1 heterocycles. The zero-order valence-electron chi connectivity index (χ0n) is 11.0. The van der Waals surface area contributed by atoms with Gasteiger partial charge in [-0.3, -0.25) is 0 Å². The van der Waals surface area contributed by atoms with Crippen LogP contribution in [-0.4, -0.2) is 20.6 Å². The summed E-state index contributed by atoms with van der Waals surface area (Å²) in [4.78, 5) is 0. The molecule has 0 fully saturated rings. The van der Waals surface area contributed by atoms with Crippen molar-refractivity contribution in [3.8, 4) is 11.4 Å². The average molecular weight is 270 g/mol. The standard InChI is InChI=1S/C17H10N4/c1-2-10-4-5-12-7-9-14(17-18-20-21-19-17)13-8-6-11(3-1)15(10)16(12)13/h1-9H,(H,18,19,20,21). The zero-order valence-corrected chi connectivity index (χ0v) is 11.0. The van der Waals surface area contributed by atoms with Crippen molar-refractivity contribution in [1.82, 2.24) is 20.6 Å². The van der Waals surface area contributed by atoms with Crippen molar-refractivity contribution in [2.24, 2.45) is 0 Å². The topological polar surface area (TPSA) is 54.5 Å². The van der Waals surface area contributed by atoms with Gasteiger partial charge in [-0.2, -0.15) is 5.21 Å². The van der Waals surface area contributed by atoms with Crippen molar-refractivity contribution in [3.05, 3.63) is 54.6 Å². The summed E-state index contributed by atoms with van der Waals surface area (Å²) >= 11 is 0. The minimum Gasteiger partial charge on any atom is -0.177 e. The van der Waals surface area contributed by atoms with Gasteiger partial charge in [0.1, 0.15) is 0 Å². The van der Waals surface area contributed by atoms with Gasteiger partial charge >= 0.3 is 0 Å². The molecule has 0 atom stereocenters. The molecule has 0 saturated carbocycles. The number of rotatable bonds is 1. The Labute approximate surface area is 119 Å². The Hall–Kier alpha value is -3.01. The molecule has 4 heteroatoms. The van der Waals surface area contributed by atoms with Crippen molar-refractivity contribution >= 4 is 32.3 Å². The summed E-state index contributed by atoms with van der Waals surface area (Å²) < 4.78 is 0. The van der Waals surface area contributed by atoms with Crippen LogP contribution in [0.15, 0.2) is 54.6 Å². The molecule has 1 N–H and O–H groups in total. The number of benzene rings is 4. The van der Waals surface area contributed by atoms with E-state index in [1.807, 2.05) is 0 Å². The first-order valence-electron chi connectivity index (χ1n) is 6.82. The quantitative estimate of drug-likeness (QED) is 0.472.